The summed E-state index contributed by atoms with van der Waals surface area (Å²) in [6, 6.07) is 0. The second-order valence-electron chi connectivity index (χ2n) is 11.7. The van der Waals surface area contributed by atoms with Gasteiger partial charge in [0.2, 0.25) is 5.60 Å². The molecule has 2 saturated carbocycles. The van der Waals surface area contributed by atoms with Gasteiger partial charge in [0.05, 0.1) is 16.7 Å². The zero-order valence-corrected chi connectivity index (χ0v) is 21.4. The third-order valence-electron chi connectivity index (χ3n) is 9.26. The van der Waals surface area contributed by atoms with Gasteiger partial charge in [0, 0.05) is 5.92 Å². The van der Waals surface area contributed by atoms with Crippen molar-refractivity contribution in [1.82, 2.24) is 0 Å². The number of esters is 2. The van der Waals surface area contributed by atoms with Crippen LogP contribution in [-0.4, -0.2) is 105 Å². The van der Waals surface area contributed by atoms with Gasteiger partial charge in [0.1, 0.15) is 18.3 Å². The Morgan fingerprint density at radius 3 is 2.15 bits per heavy atom. The number of aliphatic carboxylic acids is 1. The van der Waals surface area contributed by atoms with Crippen molar-refractivity contribution in [2.45, 2.75) is 81.2 Å². The molecule has 6 unspecified atom stereocenters. The van der Waals surface area contributed by atoms with Crippen LogP contribution >= 0.6 is 0 Å². The Labute approximate surface area is 217 Å². The molecular formula is C21H25F3O14S. The molecule has 12 atom stereocenters. The SMILES string of the molecule is C[C@@H]1C(=O)O[C@H]2C(O)C34C5OC(=O)[C@@]3(OC(O)C4(C(O)C(=O)O)[C@H](C(C)(C)C)[C@H]5OS(=O)(=O)C(F)(F)F)[C@@]12O. The molecule has 18 heteroatoms. The molecule has 0 aromatic heterocycles. The first-order valence-corrected chi connectivity index (χ1v) is 13.0. The Morgan fingerprint density at radius 1 is 1.10 bits per heavy atom. The van der Waals surface area contributed by atoms with Crippen LogP contribution in [0.15, 0.2) is 0 Å². The van der Waals surface area contributed by atoms with Crippen molar-refractivity contribution in [3.05, 3.63) is 0 Å². The van der Waals surface area contributed by atoms with Crippen LogP contribution in [0.2, 0.25) is 0 Å². The van der Waals surface area contributed by atoms with Crippen molar-refractivity contribution >= 4 is 28.0 Å². The second-order valence-corrected chi connectivity index (χ2v) is 13.2. The lowest BCUT2D eigenvalue weighted by Crippen LogP contribution is -2.67. The van der Waals surface area contributed by atoms with Gasteiger partial charge in [0.15, 0.2) is 24.1 Å². The van der Waals surface area contributed by atoms with Crippen LogP contribution in [0.1, 0.15) is 27.7 Å². The van der Waals surface area contributed by atoms with E-state index in [1.165, 1.54) is 20.8 Å². The Bertz CT molecular complexity index is 1280. The maximum atomic E-state index is 13.6. The molecule has 1 spiro atoms. The van der Waals surface area contributed by atoms with E-state index < -0.39 is 110 Å². The normalized spacial score (nSPS) is 49.4. The van der Waals surface area contributed by atoms with E-state index in [1.807, 2.05) is 0 Å². The summed E-state index contributed by atoms with van der Waals surface area (Å²) >= 11 is 0. The highest BCUT2D eigenvalue weighted by Gasteiger charge is 3.04. The molecule has 5 fully saturated rings. The largest absolute Gasteiger partial charge is 0.523 e. The summed E-state index contributed by atoms with van der Waals surface area (Å²) in [5.41, 5.74) is -19.5. The van der Waals surface area contributed by atoms with Crippen molar-refractivity contribution in [1.29, 1.82) is 0 Å². The number of fused-ring (bicyclic) bond motifs is 1. The van der Waals surface area contributed by atoms with E-state index in [1.54, 1.807) is 0 Å². The number of alkyl halides is 3. The Balaban J connectivity index is 1.92. The van der Waals surface area contributed by atoms with Gasteiger partial charge < -0.3 is 39.7 Å². The van der Waals surface area contributed by atoms with Crippen molar-refractivity contribution in [2.75, 3.05) is 0 Å². The molecule has 3 heterocycles. The summed E-state index contributed by atoms with van der Waals surface area (Å²) < 4.78 is 85.4. The number of hydrogen-bond donors (Lipinski definition) is 5. The fourth-order valence-corrected chi connectivity index (χ4v) is 8.89. The van der Waals surface area contributed by atoms with Crippen LogP contribution < -0.4 is 0 Å². The zero-order valence-electron chi connectivity index (χ0n) is 20.6. The predicted molar refractivity (Wildman–Crippen MR) is 111 cm³/mol. The number of halogens is 3. The summed E-state index contributed by atoms with van der Waals surface area (Å²) in [7, 11) is -6.52. The third-order valence-corrected chi connectivity index (χ3v) is 10.3. The van der Waals surface area contributed by atoms with Crippen LogP contribution in [0.3, 0.4) is 0 Å². The topological polar surface area (TPSA) is 223 Å². The smallest absolute Gasteiger partial charge is 0.479 e. The van der Waals surface area contributed by atoms with Gasteiger partial charge in [-0.3, -0.25) is 8.98 Å². The predicted octanol–water partition coefficient (Wildman–Crippen LogP) is -2.00. The van der Waals surface area contributed by atoms with Gasteiger partial charge in [-0.1, -0.05) is 20.8 Å². The quantitative estimate of drug-likeness (QED) is 0.136. The van der Waals surface area contributed by atoms with Crippen LogP contribution in [0.4, 0.5) is 13.2 Å². The molecular weight excluding hydrogens is 565 g/mol. The first-order chi connectivity index (χ1) is 17.5. The molecule has 39 heavy (non-hydrogen) atoms. The van der Waals surface area contributed by atoms with Crippen LogP contribution in [-0.2, 0) is 42.9 Å². The fraction of sp³-hybridized carbons (Fsp3) is 0.857. The molecule has 5 rings (SSSR count). The van der Waals surface area contributed by atoms with E-state index >= 15 is 0 Å². The average Bonchev–Trinajstić information content (AvgIpc) is 3.41. The maximum Gasteiger partial charge on any atom is 0.523 e. The molecule has 220 valence electrons. The number of carbonyl (C=O) groups is 3. The first kappa shape index (κ1) is 28.4. The standard InChI is InChI=1S/C21H25F3O14S/c1-5-13(29)35-11-8(25)18-10-6(38-39(33,34)21(22,23)24)7(16(2,3)4)17(18,9(26)12(27)28)14(30)37-20(18,15(31)36-10)19(5,11)32/h5-11,14,25-26,30,32H,1-4H3,(H,27,28)/t5-,6-,7+,8?,9?,10?,11+,14?,17?,18?,19-,20+/m1/s1. The summed E-state index contributed by atoms with van der Waals surface area (Å²) in [5, 5.41) is 56.1. The van der Waals surface area contributed by atoms with Crippen molar-refractivity contribution in [3.8, 4) is 0 Å². The van der Waals surface area contributed by atoms with Gasteiger partial charge in [-0.15, -0.1) is 0 Å². The number of carboxylic acids is 1. The Kier molecular flexibility index (Phi) is 5.40. The number of carboxylic acid groups (broad SMARTS) is 1. The van der Waals surface area contributed by atoms with Crippen molar-refractivity contribution in [3.63, 3.8) is 0 Å². The lowest BCUT2D eigenvalue weighted by atomic mass is 9.50. The Morgan fingerprint density at radius 2 is 1.67 bits per heavy atom. The van der Waals surface area contributed by atoms with Gasteiger partial charge in [-0.2, -0.15) is 21.6 Å². The monoisotopic (exact) mass is 590 g/mol. The first-order valence-electron chi connectivity index (χ1n) is 11.6. The number of hydrogen-bond acceptors (Lipinski definition) is 13. The molecule has 14 nitrogen and oxygen atoms in total. The highest BCUT2D eigenvalue weighted by atomic mass is 32.2. The minimum Gasteiger partial charge on any atom is -0.479 e. The van der Waals surface area contributed by atoms with Crippen LogP contribution in [0, 0.1) is 28.1 Å². The van der Waals surface area contributed by atoms with E-state index in [2.05, 4.69) is 4.18 Å². The summed E-state index contributed by atoms with van der Waals surface area (Å²) in [5.74, 6) is -8.67. The molecule has 0 amide bonds. The summed E-state index contributed by atoms with van der Waals surface area (Å²) in [6.07, 6.45) is -15.0. The summed E-state index contributed by atoms with van der Waals surface area (Å²) in [4.78, 5) is 38.4. The van der Waals surface area contributed by atoms with Gasteiger partial charge in [-0.05, 0) is 12.3 Å². The van der Waals surface area contributed by atoms with Gasteiger partial charge >= 0.3 is 33.5 Å². The van der Waals surface area contributed by atoms with E-state index in [9.17, 15) is 61.5 Å². The molecule has 3 saturated heterocycles. The fourth-order valence-electron chi connectivity index (χ4n) is 8.28. The molecule has 3 aliphatic heterocycles. The van der Waals surface area contributed by atoms with Gasteiger partial charge in [-0.25, -0.2) is 9.59 Å². The highest BCUT2D eigenvalue weighted by molar-refractivity contribution is 7.87. The van der Waals surface area contributed by atoms with E-state index in [0.717, 1.165) is 6.92 Å². The number of rotatable bonds is 4. The number of aliphatic hydroxyl groups is 4. The lowest BCUT2D eigenvalue weighted by molar-refractivity contribution is -0.256. The van der Waals surface area contributed by atoms with E-state index in [0.29, 0.717) is 0 Å². The number of aliphatic hydroxyl groups excluding tert-OH is 3. The third kappa shape index (κ3) is 2.60. The second kappa shape index (κ2) is 7.40. The van der Waals surface area contributed by atoms with Crippen molar-refractivity contribution in [2.24, 2.45) is 28.1 Å². The molecule has 0 radical (unpaired) electrons. The molecule has 5 aliphatic rings. The van der Waals surface area contributed by atoms with E-state index in [4.69, 9.17) is 14.2 Å². The van der Waals surface area contributed by atoms with E-state index in [-0.39, 0.29) is 0 Å². The van der Waals surface area contributed by atoms with Crippen molar-refractivity contribution < 1.29 is 79.9 Å². The maximum absolute atomic E-state index is 13.6. The Hall–Kier alpha value is -2.09. The molecule has 0 aromatic carbocycles. The molecule has 5 N–H and O–H groups in total. The lowest BCUT2D eigenvalue weighted by Gasteiger charge is -2.50. The average molecular weight is 590 g/mol. The van der Waals surface area contributed by atoms with Crippen LogP contribution in [0.5, 0.6) is 0 Å². The number of carbonyl (C=O) groups excluding carboxylic acids is 2. The van der Waals surface area contributed by atoms with Crippen LogP contribution in [0.25, 0.3) is 0 Å². The molecule has 0 bridgehead atoms. The zero-order chi connectivity index (χ0) is 29.7. The highest BCUT2D eigenvalue weighted by Crippen LogP contribution is 2.83. The summed E-state index contributed by atoms with van der Waals surface area (Å²) in [6.45, 7) is 4.87. The molecule has 0 aromatic rings. The molecule has 2 aliphatic carbocycles. The van der Waals surface area contributed by atoms with Gasteiger partial charge in [0.25, 0.3) is 0 Å². The number of ether oxygens (including phenoxy) is 3. The minimum absolute atomic E-state index is 1.05. The minimum atomic E-state index is -6.52.